The maximum atomic E-state index is 11.6. The fourth-order valence-corrected chi connectivity index (χ4v) is 2.46. The molecule has 1 aliphatic rings. The Morgan fingerprint density at radius 2 is 2.45 bits per heavy atom. The number of aromatic nitrogens is 4. The molecule has 9 nitrogen and oxygen atoms in total. The molecule has 0 spiro atoms. The van der Waals surface area contributed by atoms with Crippen LogP contribution in [0.3, 0.4) is 0 Å². The van der Waals surface area contributed by atoms with Crippen molar-refractivity contribution < 1.29 is 9.84 Å². The summed E-state index contributed by atoms with van der Waals surface area (Å²) in [7, 11) is 0. The molecule has 0 bridgehead atoms. The molecule has 20 heavy (non-hydrogen) atoms. The molecule has 2 N–H and O–H groups in total. The van der Waals surface area contributed by atoms with Crippen molar-refractivity contribution in [2.45, 2.75) is 24.7 Å². The van der Waals surface area contributed by atoms with Crippen molar-refractivity contribution in [2.75, 3.05) is 13.2 Å². The Balaban J connectivity index is 1.95. The molecule has 0 saturated carbocycles. The van der Waals surface area contributed by atoms with Crippen molar-refractivity contribution >= 4 is 11.2 Å². The second kappa shape index (κ2) is 4.76. The Bertz CT molecular complexity index is 695. The van der Waals surface area contributed by atoms with Crippen LogP contribution >= 0.6 is 0 Å². The summed E-state index contributed by atoms with van der Waals surface area (Å²) in [4.78, 5) is 32.6. The van der Waals surface area contributed by atoms with Crippen LogP contribution in [0.4, 0.5) is 0 Å². The average Bonchev–Trinajstić information content (AvgIpc) is 3.04. The molecule has 9 heteroatoms. The first kappa shape index (κ1) is 12.9. The lowest BCUT2D eigenvalue weighted by molar-refractivity contribution is -0.0906. The normalized spacial score (nSPS) is 26.1. The number of hydrogen-bond donors (Lipinski definition) is 2. The zero-order valence-electron chi connectivity index (χ0n) is 10.5. The van der Waals surface area contributed by atoms with Crippen LogP contribution < -0.4 is 5.56 Å². The van der Waals surface area contributed by atoms with Gasteiger partial charge in [0.2, 0.25) is 0 Å². The molecule has 1 aliphatic heterocycles. The maximum Gasteiger partial charge on any atom is 0.278 e. The Labute approximate surface area is 112 Å². The van der Waals surface area contributed by atoms with Crippen molar-refractivity contribution in [1.82, 2.24) is 19.5 Å². The highest BCUT2D eigenvalue weighted by Crippen LogP contribution is 2.37. The van der Waals surface area contributed by atoms with Gasteiger partial charge in [-0.2, -0.15) is 4.91 Å². The number of H-pyrrole nitrogens is 1. The van der Waals surface area contributed by atoms with Gasteiger partial charge in [-0.1, -0.05) is 5.18 Å². The Hall–Kier alpha value is -2.13. The largest absolute Gasteiger partial charge is 0.393 e. The Morgan fingerprint density at radius 3 is 3.20 bits per heavy atom. The third kappa shape index (κ3) is 1.91. The van der Waals surface area contributed by atoms with Gasteiger partial charge in [-0.05, 0) is 12.8 Å². The van der Waals surface area contributed by atoms with Gasteiger partial charge < -0.3 is 14.8 Å². The highest BCUT2D eigenvalue weighted by Gasteiger charge is 2.41. The van der Waals surface area contributed by atoms with E-state index in [0.29, 0.717) is 18.5 Å². The Morgan fingerprint density at radius 1 is 1.60 bits per heavy atom. The van der Waals surface area contributed by atoms with Gasteiger partial charge in [0.1, 0.15) is 18.4 Å². The maximum absolute atomic E-state index is 11.6. The fourth-order valence-electron chi connectivity index (χ4n) is 2.46. The molecule has 1 fully saturated rings. The molecule has 2 aromatic heterocycles. The van der Waals surface area contributed by atoms with E-state index in [0.717, 1.165) is 0 Å². The molecular weight excluding hydrogens is 266 g/mol. The standard InChI is InChI=1S/C11H13N5O4/c17-4-11(3-15-19)2-1-7(20-11)16-6-14-8-9(16)12-5-13-10(8)18/h5-7,17H,1-4H2,(H,12,13,18)/t7-,11?/m1/s1. The van der Waals surface area contributed by atoms with Crippen LogP contribution in [0.5, 0.6) is 0 Å². The number of fused-ring (bicyclic) bond motifs is 1. The topological polar surface area (TPSA) is 122 Å². The second-order valence-electron chi connectivity index (χ2n) is 4.80. The first-order valence-electron chi connectivity index (χ1n) is 6.17. The lowest BCUT2D eigenvalue weighted by Crippen LogP contribution is -2.36. The van der Waals surface area contributed by atoms with Crippen LogP contribution in [0, 0.1) is 4.91 Å². The minimum atomic E-state index is -0.954. The van der Waals surface area contributed by atoms with Crippen molar-refractivity contribution in [3.05, 3.63) is 27.9 Å². The molecule has 1 saturated heterocycles. The van der Waals surface area contributed by atoms with Gasteiger partial charge in [0, 0.05) is 0 Å². The van der Waals surface area contributed by atoms with E-state index in [-0.39, 0.29) is 24.2 Å². The number of nitrogens with zero attached hydrogens (tertiary/aromatic N) is 4. The summed E-state index contributed by atoms with van der Waals surface area (Å²) >= 11 is 0. The van der Waals surface area contributed by atoms with Gasteiger partial charge in [0.25, 0.3) is 5.56 Å². The van der Waals surface area contributed by atoms with Gasteiger partial charge >= 0.3 is 0 Å². The summed E-state index contributed by atoms with van der Waals surface area (Å²) in [5, 5.41) is 12.2. The number of rotatable bonds is 4. The van der Waals surface area contributed by atoms with Gasteiger partial charge in [-0.3, -0.25) is 9.36 Å². The molecule has 0 radical (unpaired) electrons. The lowest BCUT2D eigenvalue weighted by atomic mass is 10.0. The minimum Gasteiger partial charge on any atom is -0.393 e. The van der Waals surface area contributed by atoms with E-state index in [1.165, 1.54) is 12.7 Å². The highest BCUT2D eigenvalue weighted by molar-refractivity contribution is 5.68. The first-order chi connectivity index (χ1) is 9.69. The van der Waals surface area contributed by atoms with Gasteiger partial charge in [-0.25, -0.2) is 9.97 Å². The van der Waals surface area contributed by atoms with E-state index in [1.54, 1.807) is 4.57 Å². The molecule has 3 heterocycles. The third-order valence-corrected chi connectivity index (χ3v) is 3.55. The quantitative estimate of drug-likeness (QED) is 0.755. The zero-order chi connectivity index (χ0) is 14.2. The first-order valence-corrected chi connectivity index (χ1v) is 6.17. The summed E-state index contributed by atoms with van der Waals surface area (Å²) in [6, 6.07) is 0. The average molecular weight is 279 g/mol. The van der Waals surface area contributed by atoms with E-state index in [1.807, 2.05) is 0 Å². The molecule has 1 unspecified atom stereocenters. The third-order valence-electron chi connectivity index (χ3n) is 3.55. The van der Waals surface area contributed by atoms with Gasteiger partial charge in [0.05, 0.1) is 19.3 Å². The monoisotopic (exact) mass is 279 g/mol. The van der Waals surface area contributed by atoms with Gasteiger partial charge in [0.15, 0.2) is 11.2 Å². The Kier molecular flexibility index (Phi) is 3.07. The molecule has 2 aromatic rings. The molecule has 0 aromatic carbocycles. The van der Waals surface area contributed by atoms with Crippen molar-refractivity contribution in [3.8, 4) is 0 Å². The minimum absolute atomic E-state index is 0.110. The van der Waals surface area contributed by atoms with Crippen LogP contribution in [-0.2, 0) is 4.74 Å². The summed E-state index contributed by atoms with van der Waals surface area (Å²) in [5.41, 5.74) is -0.642. The lowest BCUT2D eigenvalue weighted by Gasteiger charge is -2.24. The van der Waals surface area contributed by atoms with Crippen molar-refractivity contribution in [2.24, 2.45) is 5.18 Å². The number of aliphatic hydroxyl groups excluding tert-OH is 1. The summed E-state index contributed by atoms with van der Waals surface area (Å²) in [6.45, 7) is -0.392. The number of hydrogen-bond acceptors (Lipinski definition) is 7. The predicted octanol–water partition coefficient (Wildman–Crippen LogP) is -0.0739. The number of nitroso groups, excluding NO2 is 1. The van der Waals surface area contributed by atoms with E-state index in [2.05, 4.69) is 20.1 Å². The predicted molar refractivity (Wildman–Crippen MR) is 68.0 cm³/mol. The molecular formula is C11H13N5O4. The number of aromatic amines is 1. The van der Waals surface area contributed by atoms with Crippen LogP contribution in [0.1, 0.15) is 19.1 Å². The molecule has 106 valence electrons. The second-order valence-corrected chi connectivity index (χ2v) is 4.80. The summed E-state index contributed by atoms with van der Waals surface area (Å²) < 4.78 is 7.39. The van der Waals surface area contributed by atoms with Crippen LogP contribution in [0.25, 0.3) is 11.2 Å². The van der Waals surface area contributed by atoms with E-state index < -0.39 is 11.8 Å². The summed E-state index contributed by atoms with van der Waals surface area (Å²) in [5.74, 6) is 0. The number of nitrogens with one attached hydrogen (secondary N) is 1. The van der Waals surface area contributed by atoms with Crippen LogP contribution in [-0.4, -0.2) is 43.4 Å². The number of aliphatic hydroxyl groups is 1. The molecule has 2 atom stereocenters. The number of imidazole rings is 1. The summed E-state index contributed by atoms with van der Waals surface area (Å²) in [6.07, 6.45) is 3.42. The van der Waals surface area contributed by atoms with Crippen molar-refractivity contribution in [3.63, 3.8) is 0 Å². The highest BCUT2D eigenvalue weighted by atomic mass is 16.5. The number of ether oxygens (including phenoxy) is 1. The SMILES string of the molecule is O=NCC1(CO)CC[C@H](n2cnc3c(=O)[nH]cnc32)O1. The smallest absolute Gasteiger partial charge is 0.278 e. The van der Waals surface area contributed by atoms with Crippen molar-refractivity contribution in [1.29, 1.82) is 0 Å². The molecule has 3 rings (SSSR count). The van der Waals surface area contributed by atoms with Crippen LogP contribution in [0.2, 0.25) is 0 Å². The fraction of sp³-hybridized carbons (Fsp3) is 0.545. The van der Waals surface area contributed by atoms with Gasteiger partial charge in [-0.15, -0.1) is 0 Å². The molecule has 0 amide bonds. The molecule has 0 aliphatic carbocycles. The zero-order valence-corrected chi connectivity index (χ0v) is 10.5. The van der Waals surface area contributed by atoms with E-state index in [4.69, 9.17) is 4.74 Å². The van der Waals surface area contributed by atoms with E-state index >= 15 is 0 Å². The van der Waals surface area contributed by atoms with E-state index in [9.17, 15) is 14.8 Å². The van der Waals surface area contributed by atoms with Crippen LogP contribution in [0.15, 0.2) is 22.6 Å².